The average Bonchev–Trinajstić information content (AvgIpc) is 3.70. The van der Waals surface area contributed by atoms with Crippen molar-refractivity contribution in [3.63, 3.8) is 0 Å². The van der Waals surface area contributed by atoms with E-state index in [1.54, 1.807) is 0 Å². The first kappa shape index (κ1) is 28.2. The zero-order valence-electron chi connectivity index (χ0n) is 27.1. The van der Waals surface area contributed by atoms with Gasteiger partial charge in [-0.3, -0.25) is 0 Å². The molecule has 3 nitrogen and oxygen atoms in total. The van der Waals surface area contributed by atoms with E-state index in [2.05, 4.69) is 173 Å². The molecule has 0 saturated carbocycles. The van der Waals surface area contributed by atoms with Crippen molar-refractivity contribution in [1.82, 2.24) is 9.13 Å². The maximum Gasteiger partial charge on any atom is 0.0991 e. The van der Waals surface area contributed by atoms with Gasteiger partial charge in [0, 0.05) is 32.9 Å². The van der Waals surface area contributed by atoms with Crippen molar-refractivity contribution < 1.29 is 0 Å². The second kappa shape index (κ2) is 11.1. The number of rotatable bonds is 4. The van der Waals surface area contributed by atoms with Crippen LogP contribution in [0.15, 0.2) is 176 Å². The topological polar surface area (TPSA) is 33.6 Å². The summed E-state index contributed by atoms with van der Waals surface area (Å²) in [6.45, 7) is 0. The molecule has 0 unspecified atom stereocenters. The molecule has 0 aliphatic rings. The summed E-state index contributed by atoms with van der Waals surface area (Å²) in [6.07, 6.45) is 0. The van der Waals surface area contributed by atoms with Gasteiger partial charge >= 0.3 is 0 Å². The minimum Gasteiger partial charge on any atom is -0.309 e. The average molecular weight is 636 g/mol. The van der Waals surface area contributed by atoms with Gasteiger partial charge in [-0.1, -0.05) is 103 Å². The van der Waals surface area contributed by atoms with Crippen LogP contribution in [0.25, 0.3) is 88.0 Å². The molecule has 0 saturated heterocycles. The Labute approximate surface area is 289 Å². The number of hydrogen-bond donors (Lipinski definition) is 0. The standard InChI is InChI=1S/C47H29N3/c48-30-31-14-15-35-27-39(23-20-34(35)26-31)50-45-13-7-5-11-41(45)43-29-37(22-25-47(43)50)33-18-16-32(17-19-33)36-21-24-46-42(28-36)40-10-4-6-12-44(40)49(46)38-8-2-1-3-9-38/h1-29H. The highest BCUT2D eigenvalue weighted by Gasteiger charge is 2.15. The first-order valence-electron chi connectivity index (χ1n) is 16.9. The minimum atomic E-state index is 0.677. The summed E-state index contributed by atoms with van der Waals surface area (Å²) < 4.78 is 4.70. The third kappa shape index (κ3) is 4.36. The number of nitrogens with zero attached hydrogens (tertiary/aromatic N) is 3. The molecule has 2 heterocycles. The van der Waals surface area contributed by atoms with Gasteiger partial charge in [0.1, 0.15) is 0 Å². The molecule has 0 bridgehead atoms. The van der Waals surface area contributed by atoms with Crippen LogP contribution in [0.1, 0.15) is 5.56 Å². The third-order valence-corrected chi connectivity index (χ3v) is 10.1. The number of benzene rings is 8. The van der Waals surface area contributed by atoms with Gasteiger partial charge in [-0.2, -0.15) is 5.26 Å². The molecule has 0 spiro atoms. The summed E-state index contributed by atoms with van der Waals surface area (Å²) in [7, 11) is 0. The molecule has 10 rings (SSSR count). The molecular formula is C47H29N3. The molecule has 0 atom stereocenters. The molecule has 0 aliphatic heterocycles. The Balaban J connectivity index is 1.04. The largest absolute Gasteiger partial charge is 0.309 e. The lowest BCUT2D eigenvalue weighted by Gasteiger charge is -2.10. The molecule has 0 fully saturated rings. The fourth-order valence-corrected chi connectivity index (χ4v) is 7.74. The second-order valence-electron chi connectivity index (χ2n) is 12.9. The lowest BCUT2D eigenvalue weighted by molar-refractivity contribution is 1.18. The molecule has 50 heavy (non-hydrogen) atoms. The van der Waals surface area contributed by atoms with Crippen molar-refractivity contribution in [2.24, 2.45) is 0 Å². The number of para-hydroxylation sites is 3. The number of hydrogen-bond acceptors (Lipinski definition) is 1. The predicted octanol–water partition coefficient (Wildman–Crippen LogP) is 12.2. The molecule has 10 aromatic rings. The van der Waals surface area contributed by atoms with Gasteiger partial charge in [-0.15, -0.1) is 0 Å². The van der Waals surface area contributed by atoms with Crippen LogP contribution in [0.5, 0.6) is 0 Å². The summed E-state index contributed by atoms with van der Waals surface area (Å²) in [5.74, 6) is 0. The predicted molar refractivity (Wildman–Crippen MR) is 208 cm³/mol. The van der Waals surface area contributed by atoms with Crippen LogP contribution in [-0.2, 0) is 0 Å². The molecule has 0 aliphatic carbocycles. The van der Waals surface area contributed by atoms with Crippen LogP contribution >= 0.6 is 0 Å². The Morgan fingerprint density at radius 2 is 0.820 bits per heavy atom. The maximum atomic E-state index is 9.35. The Hall–Kier alpha value is -6.89. The fraction of sp³-hybridized carbons (Fsp3) is 0. The minimum absolute atomic E-state index is 0.677. The van der Waals surface area contributed by atoms with Crippen molar-refractivity contribution in [2.75, 3.05) is 0 Å². The molecule has 0 radical (unpaired) electrons. The summed E-state index contributed by atoms with van der Waals surface area (Å²) in [5.41, 5.74) is 12.5. The Bertz CT molecular complexity index is 2970. The first-order valence-corrected chi connectivity index (χ1v) is 16.9. The summed E-state index contributed by atoms with van der Waals surface area (Å²) in [6, 6.07) is 65.1. The summed E-state index contributed by atoms with van der Waals surface area (Å²) in [4.78, 5) is 0. The van der Waals surface area contributed by atoms with Crippen LogP contribution < -0.4 is 0 Å². The highest BCUT2D eigenvalue weighted by molar-refractivity contribution is 6.12. The molecule has 8 aromatic carbocycles. The van der Waals surface area contributed by atoms with Crippen molar-refractivity contribution in [1.29, 1.82) is 5.26 Å². The normalized spacial score (nSPS) is 11.6. The molecule has 0 amide bonds. The Morgan fingerprint density at radius 3 is 1.42 bits per heavy atom. The van der Waals surface area contributed by atoms with Gasteiger partial charge in [0.25, 0.3) is 0 Å². The third-order valence-electron chi connectivity index (χ3n) is 10.1. The lowest BCUT2D eigenvalue weighted by Crippen LogP contribution is -1.94. The number of aromatic nitrogens is 2. The van der Waals surface area contributed by atoms with Crippen LogP contribution in [0.3, 0.4) is 0 Å². The van der Waals surface area contributed by atoms with Crippen LogP contribution in [-0.4, -0.2) is 9.13 Å². The highest BCUT2D eigenvalue weighted by atomic mass is 15.0. The second-order valence-corrected chi connectivity index (χ2v) is 12.9. The van der Waals surface area contributed by atoms with Gasteiger partial charge in [0.2, 0.25) is 0 Å². The summed E-state index contributed by atoms with van der Waals surface area (Å²) in [5, 5.41) is 16.5. The van der Waals surface area contributed by atoms with Gasteiger partial charge in [0.05, 0.1) is 33.7 Å². The van der Waals surface area contributed by atoms with Crippen molar-refractivity contribution in [2.45, 2.75) is 0 Å². The van der Waals surface area contributed by atoms with Gasteiger partial charge < -0.3 is 9.13 Å². The zero-order chi connectivity index (χ0) is 33.2. The van der Waals surface area contributed by atoms with Crippen molar-refractivity contribution in [3.8, 4) is 39.7 Å². The van der Waals surface area contributed by atoms with E-state index in [-0.39, 0.29) is 0 Å². The van der Waals surface area contributed by atoms with E-state index in [9.17, 15) is 5.26 Å². The van der Waals surface area contributed by atoms with E-state index in [1.807, 2.05) is 18.2 Å². The number of nitriles is 1. The van der Waals surface area contributed by atoms with E-state index in [4.69, 9.17) is 0 Å². The monoisotopic (exact) mass is 635 g/mol. The van der Waals surface area contributed by atoms with Crippen LogP contribution in [0.2, 0.25) is 0 Å². The van der Waals surface area contributed by atoms with Crippen LogP contribution in [0.4, 0.5) is 0 Å². The molecule has 3 heteroatoms. The van der Waals surface area contributed by atoms with E-state index >= 15 is 0 Å². The molecule has 232 valence electrons. The van der Waals surface area contributed by atoms with Gasteiger partial charge in [-0.05, 0) is 106 Å². The highest BCUT2D eigenvalue weighted by Crippen LogP contribution is 2.38. The first-order chi connectivity index (χ1) is 24.7. The molecule has 0 N–H and O–H groups in total. The van der Waals surface area contributed by atoms with Gasteiger partial charge in [0.15, 0.2) is 0 Å². The maximum absolute atomic E-state index is 9.35. The van der Waals surface area contributed by atoms with Crippen molar-refractivity contribution in [3.05, 3.63) is 181 Å². The van der Waals surface area contributed by atoms with E-state index in [1.165, 1.54) is 71.6 Å². The number of fused-ring (bicyclic) bond motifs is 7. The van der Waals surface area contributed by atoms with E-state index in [0.717, 1.165) is 16.5 Å². The SMILES string of the molecule is N#Cc1ccc2cc(-n3c4ccccc4c4cc(-c5ccc(-c6ccc7c(c6)c6ccccc6n7-c6ccccc6)cc5)ccc43)ccc2c1. The quantitative estimate of drug-likeness (QED) is 0.189. The van der Waals surface area contributed by atoms with Crippen molar-refractivity contribution >= 4 is 54.4 Å². The summed E-state index contributed by atoms with van der Waals surface area (Å²) >= 11 is 0. The fourth-order valence-electron chi connectivity index (χ4n) is 7.74. The lowest BCUT2D eigenvalue weighted by atomic mass is 9.98. The smallest absolute Gasteiger partial charge is 0.0991 e. The Morgan fingerprint density at radius 1 is 0.340 bits per heavy atom. The zero-order valence-corrected chi connectivity index (χ0v) is 27.1. The van der Waals surface area contributed by atoms with E-state index in [0.29, 0.717) is 5.56 Å². The molecular weight excluding hydrogens is 607 g/mol. The van der Waals surface area contributed by atoms with Gasteiger partial charge in [-0.25, -0.2) is 0 Å². The molecule has 2 aromatic heterocycles. The Kier molecular flexibility index (Phi) is 6.24. The van der Waals surface area contributed by atoms with E-state index < -0.39 is 0 Å². The van der Waals surface area contributed by atoms with Crippen LogP contribution in [0, 0.1) is 11.3 Å².